The molecular weight excluding hydrogens is 187 g/mol. The Morgan fingerprint density at radius 1 is 1.64 bits per heavy atom. The SMILES string of the molecule is COc1c(F)ccc(C(N)=O)c1C#N. The molecule has 0 aliphatic rings. The second kappa shape index (κ2) is 3.75. The van der Waals surface area contributed by atoms with Gasteiger partial charge in [-0.2, -0.15) is 5.26 Å². The predicted octanol–water partition coefficient (Wildman–Crippen LogP) is 0.805. The van der Waals surface area contributed by atoms with Crippen molar-refractivity contribution < 1.29 is 13.9 Å². The summed E-state index contributed by atoms with van der Waals surface area (Å²) >= 11 is 0. The second-order valence-electron chi connectivity index (χ2n) is 2.48. The molecule has 14 heavy (non-hydrogen) atoms. The van der Waals surface area contributed by atoms with Crippen LogP contribution >= 0.6 is 0 Å². The van der Waals surface area contributed by atoms with Gasteiger partial charge in [0.1, 0.15) is 11.6 Å². The summed E-state index contributed by atoms with van der Waals surface area (Å²) in [7, 11) is 1.21. The summed E-state index contributed by atoms with van der Waals surface area (Å²) in [5.41, 5.74) is 4.76. The highest BCUT2D eigenvalue weighted by Crippen LogP contribution is 2.24. The highest BCUT2D eigenvalue weighted by molar-refractivity contribution is 5.96. The van der Waals surface area contributed by atoms with Gasteiger partial charge in [0.2, 0.25) is 5.91 Å². The van der Waals surface area contributed by atoms with Crippen LogP contribution in [0.3, 0.4) is 0 Å². The predicted molar refractivity (Wildman–Crippen MR) is 46.2 cm³/mol. The Morgan fingerprint density at radius 2 is 2.29 bits per heavy atom. The van der Waals surface area contributed by atoms with Crippen LogP contribution in [0.1, 0.15) is 15.9 Å². The lowest BCUT2D eigenvalue weighted by atomic mass is 10.1. The van der Waals surface area contributed by atoms with Gasteiger partial charge in [0, 0.05) is 0 Å². The van der Waals surface area contributed by atoms with Gasteiger partial charge < -0.3 is 10.5 Å². The highest BCUT2D eigenvalue weighted by Gasteiger charge is 2.16. The fourth-order valence-corrected chi connectivity index (χ4v) is 1.07. The van der Waals surface area contributed by atoms with Gasteiger partial charge in [0.15, 0.2) is 11.6 Å². The molecule has 0 fully saturated rings. The molecule has 0 heterocycles. The Kier molecular flexibility index (Phi) is 2.67. The van der Waals surface area contributed by atoms with Gasteiger partial charge >= 0.3 is 0 Å². The van der Waals surface area contributed by atoms with Gasteiger partial charge in [-0.15, -0.1) is 0 Å². The minimum absolute atomic E-state index is 0.0502. The fourth-order valence-electron chi connectivity index (χ4n) is 1.07. The van der Waals surface area contributed by atoms with E-state index in [2.05, 4.69) is 4.74 Å². The molecule has 1 aromatic carbocycles. The molecule has 0 radical (unpaired) electrons. The number of ether oxygens (including phenoxy) is 1. The first-order valence-corrected chi connectivity index (χ1v) is 3.68. The number of amides is 1. The van der Waals surface area contributed by atoms with Crippen molar-refractivity contribution in [3.05, 3.63) is 29.1 Å². The molecule has 4 nitrogen and oxygen atoms in total. The highest BCUT2D eigenvalue weighted by atomic mass is 19.1. The number of methoxy groups -OCH3 is 1. The van der Waals surface area contributed by atoms with E-state index in [4.69, 9.17) is 11.0 Å². The third-order valence-electron chi connectivity index (χ3n) is 1.69. The number of benzene rings is 1. The van der Waals surface area contributed by atoms with Crippen molar-refractivity contribution in [2.45, 2.75) is 0 Å². The number of nitriles is 1. The molecule has 2 N–H and O–H groups in total. The third-order valence-corrected chi connectivity index (χ3v) is 1.69. The lowest BCUT2D eigenvalue weighted by molar-refractivity contribution is 0.0999. The summed E-state index contributed by atoms with van der Waals surface area (Å²) in [6.07, 6.45) is 0. The summed E-state index contributed by atoms with van der Waals surface area (Å²) in [6.45, 7) is 0. The van der Waals surface area contributed by atoms with E-state index in [1.165, 1.54) is 7.11 Å². The van der Waals surface area contributed by atoms with E-state index in [1.807, 2.05) is 0 Å². The molecule has 0 aliphatic carbocycles. The van der Waals surface area contributed by atoms with Crippen molar-refractivity contribution >= 4 is 5.91 Å². The third kappa shape index (κ3) is 1.50. The van der Waals surface area contributed by atoms with Crippen LogP contribution in [0, 0.1) is 17.1 Å². The minimum atomic E-state index is -0.792. The van der Waals surface area contributed by atoms with Gasteiger partial charge in [-0.1, -0.05) is 0 Å². The number of halogens is 1. The van der Waals surface area contributed by atoms with Gasteiger partial charge in [-0.3, -0.25) is 4.79 Å². The van der Waals surface area contributed by atoms with Crippen LogP contribution in [-0.4, -0.2) is 13.0 Å². The first-order valence-electron chi connectivity index (χ1n) is 3.68. The first kappa shape index (κ1) is 9.99. The van der Waals surface area contributed by atoms with E-state index in [1.54, 1.807) is 6.07 Å². The summed E-state index contributed by atoms with van der Waals surface area (Å²) in [5, 5.41) is 8.70. The Labute approximate surface area is 79.7 Å². The fraction of sp³-hybridized carbons (Fsp3) is 0.111. The monoisotopic (exact) mass is 194 g/mol. The van der Waals surface area contributed by atoms with E-state index < -0.39 is 11.7 Å². The number of carbonyl (C=O) groups excluding carboxylic acids is 1. The Hall–Kier alpha value is -2.09. The molecule has 1 amide bonds. The van der Waals surface area contributed by atoms with Crippen LogP contribution in [0.2, 0.25) is 0 Å². The maximum absolute atomic E-state index is 13.1. The van der Waals surface area contributed by atoms with E-state index >= 15 is 0 Å². The Morgan fingerprint density at radius 3 is 2.71 bits per heavy atom. The number of carbonyl (C=O) groups is 1. The quantitative estimate of drug-likeness (QED) is 0.756. The van der Waals surface area contributed by atoms with Crippen molar-refractivity contribution in [1.29, 1.82) is 5.26 Å². The smallest absolute Gasteiger partial charge is 0.250 e. The van der Waals surface area contributed by atoms with E-state index in [9.17, 15) is 9.18 Å². The van der Waals surface area contributed by atoms with E-state index in [0.717, 1.165) is 12.1 Å². The van der Waals surface area contributed by atoms with Gasteiger partial charge in [0.25, 0.3) is 0 Å². The van der Waals surface area contributed by atoms with Gasteiger partial charge in [-0.05, 0) is 12.1 Å². The molecule has 1 rings (SSSR count). The van der Waals surface area contributed by atoms with Crippen LogP contribution in [0.15, 0.2) is 12.1 Å². The topological polar surface area (TPSA) is 76.1 Å². The Balaban J connectivity index is 3.50. The summed E-state index contributed by atoms with van der Waals surface area (Å²) in [4.78, 5) is 10.9. The van der Waals surface area contributed by atoms with Gasteiger partial charge in [0.05, 0.1) is 12.7 Å². The molecule has 1 aromatic rings. The maximum atomic E-state index is 13.1. The molecule has 0 bridgehead atoms. The normalized spacial score (nSPS) is 9.21. The molecule has 0 unspecified atom stereocenters. The zero-order chi connectivity index (χ0) is 10.7. The Bertz CT molecular complexity index is 424. The van der Waals surface area contributed by atoms with Crippen LogP contribution < -0.4 is 10.5 Å². The molecule has 0 aliphatic heterocycles. The largest absolute Gasteiger partial charge is 0.492 e. The average Bonchev–Trinajstić information content (AvgIpc) is 2.16. The zero-order valence-electron chi connectivity index (χ0n) is 7.37. The standard InChI is InChI=1S/C9H7FN2O2/c1-14-8-6(4-11)5(9(12)13)2-3-7(8)10/h2-3H,1H3,(H2,12,13). The van der Waals surface area contributed by atoms with Crippen molar-refractivity contribution in [1.82, 2.24) is 0 Å². The average molecular weight is 194 g/mol. The molecule has 5 heteroatoms. The molecule has 0 saturated carbocycles. The molecule has 0 aromatic heterocycles. The lowest BCUT2D eigenvalue weighted by Gasteiger charge is -2.06. The molecular formula is C9H7FN2O2. The van der Waals surface area contributed by atoms with Crippen molar-refractivity contribution in [2.75, 3.05) is 7.11 Å². The van der Waals surface area contributed by atoms with Crippen LogP contribution in [0.4, 0.5) is 4.39 Å². The van der Waals surface area contributed by atoms with Crippen molar-refractivity contribution in [3.63, 3.8) is 0 Å². The number of rotatable bonds is 2. The number of hydrogen-bond donors (Lipinski definition) is 1. The maximum Gasteiger partial charge on any atom is 0.250 e. The molecule has 0 spiro atoms. The summed E-state index contributed by atoms with van der Waals surface area (Å²) in [6, 6.07) is 3.85. The summed E-state index contributed by atoms with van der Waals surface area (Å²) in [5.74, 6) is -1.75. The van der Waals surface area contributed by atoms with Crippen molar-refractivity contribution in [3.8, 4) is 11.8 Å². The van der Waals surface area contributed by atoms with Crippen LogP contribution in [-0.2, 0) is 0 Å². The first-order chi connectivity index (χ1) is 6.61. The minimum Gasteiger partial charge on any atom is -0.492 e. The van der Waals surface area contributed by atoms with Gasteiger partial charge in [-0.25, -0.2) is 4.39 Å². The number of nitrogens with zero attached hydrogens (tertiary/aromatic N) is 1. The number of nitrogens with two attached hydrogens (primary N) is 1. The van der Waals surface area contributed by atoms with E-state index in [0.29, 0.717) is 0 Å². The van der Waals surface area contributed by atoms with Crippen LogP contribution in [0.5, 0.6) is 5.75 Å². The zero-order valence-corrected chi connectivity index (χ0v) is 7.37. The summed E-state index contributed by atoms with van der Waals surface area (Å²) < 4.78 is 17.7. The van der Waals surface area contributed by atoms with E-state index in [-0.39, 0.29) is 16.9 Å². The van der Waals surface area contributed by atoms with Crippen molar-refractivity contribution in [2.24, 2.45) is 5.73 Å². The van der Waals surface area contributed by atoms with Crippen LogP contribution in [0.25, 0.3) is 0 Å². The molecule has 0 saturated heterocycles. The lowest BCUT2D eigenvalue weighted by Crippen LogP contribution is -2.13. The molecule has 0 atom stereocenters. The number of hydrogen-bond acceptors (Lipinski definition) is 3. The number of primary amides is 1. The molecule has 72 valence electrons. The second-order valence-corrected chi connectivity index (χ2v) is 2.48.